The highest BCUT2D eigenvalue weighted by Crippen LogP contribution is 2.32. The minimum atomic E-state index is -0.721. The number of hydrogen-bond donors (Lipinski definition) is 1. The Labute approximate surface area is 145 Å². The number of nitrogens with zero attached hydrogens (tertiary/aromatic N) is 2. The van der Waals surface area contributed by atoms with Crippen molar-refractivity contribution >= 4 is 11.7 Å². The summed E-state index contributed by atoms with van der Waals surface area (Å²) >= 11 is 0. The standard InChI is InChI=1S/C18H20FN3O3/c1-10-16(11(2)22(3)21-10)17(23)18(24)20-14-5-4-8-25-15-7-6-12(19)9-13(14)15/h6-7,9,14H,4-5,8H2,1-3H3,(H,20,24). The number of aryl methyl sites for hydroxylation is 2. The highest BCUT2D eigenvalue weighted by molar-refractivity contribution is 6.43. The van der Waals surface area contributed by atoms with Crippen molar-refractivity contribution in [1.82, 2.24) is 15.1 Å². The molecule has 2 aromatic rings. The van der Waals surface area contributed by atoms with E-state index in [1.807, 2.05) is 0 Å². The molecule has 1 aromatic heterocycles. The van der Waals surface area contributed by atoms with Gasteiger partial charge in [0.15, 0.2) is 0 Å². The van der Waals surface area contributed by atoms with Crippen LogP contribution in [-0.2, 0) is 11.8 Å². The molecule has 0 radical (unpaired) electrons. The van der Waals surface area contributed by atoms with Crippen LogP contribution in [0.1, 0.15) is 46.2 Å². The van der Waals surface area contributed by atoms with Gasteiger partial charge in [-0.1, -0.05) is 0 Å². The zero-order chi connectivity index (χ0) is 18.1. The molecule has 0 bridgehead atoms. The van der Waals surface area contributed by atoms with Crippen molar-refractivity contribution in [1.29, 1.82) is 0 Å². The lowest BCUT2D eigenvalue weighted by Gasteiger charge is -2.18. The summed E-state index contributed by atoms with van der Waals surface area (Å²) in [6.07, 6.45) is 1.26. The number of nitrogens with one attached hydrogen (secondary N) is 1. The first-order valence-electron chi connectivity index (χ1n) is 8.16. The predicted octanol–water partition coefficient (Wildman–Crippen LogP) is 2.39. The molecular formula is C18H20FN3O3. The SMILES string of the molecule is Cc1nn(C)c(C)c1C(=O)C(=O)NC1CCCOc2ccc(F)cc21. The number of fused-ring (bicyclic) bond motifs is 1. The maximum absolute atomic E-state index is 13.6. The molecular weight excluding hydrogens is 325 g/mol. The van der Waals surface area contributed by atoms with Gasteiger partial charge in [-0.2, -0.15) is 5.10 Å². The number of benzene rings is 1. The molecule has 3 rings (SSSR count). The van der Waals surface area contributed by atoms with Gasteiger partial charge in [0.05, 0.1) is 23.9 Å². The van der Waals surface area contributed by atoms with E-state index >= 15 is 0 Å². The van der Waals surface area contributed by atoms with Gasteiger partial charge in [-0.3, -0.25) is 14.3 Å². The fourth-order valence-corrected chi connectivity index (χ4v) is 3.14. The maximum atomic E-state index is 13.6. The Morgan fingerprint density at radius 1 is 1.36 bits per heavy atom. The molecule has 1 aliphatic heterocycles. The van der Waals surface area contributed by atoms with E-state index < -0.39 is 23.5 Å². The fraction of sp³-hybridized carbons (Fsp3) is 0.389. The Hall–Kier alpha value is -2.70. The van der Waals surface area contributed by atoms with Crippen LogP contribution in [0.5, 0.6) is 5.75 Å². The molecule has 25 heavy (non-hydrogen) atoms. The number of amides is 1. The molecule has 0 spiro atoms. The average molecular weight is 345 g/mol. The van der Waals surface area contributed by atoms with Crippen LogP contribution in [0.25, 0.3) is 0 Å². The van der Waals surface area contributed by atoms with Crippen LogP contribution in [0.4, 0.5) is 4.39 Å². The normalized spacial score (nSPS) is 16.6. The molecule has 1 unspecified atom stereocenters. The molecule has 0 saturated carbocycles. The first-order chi connectivity index (χ1) is 11.9. The van der Waals surface area contributed by atoms with Crippen LogP contribution in [0.2, 0.25) is 0 Å². The molecule has 1 amide bonds. The van der Waals surface area contributed by atoms with Crippen molar-refractivity contribution in [3.63, 3.8) is 0 Å². The predicted molar refractivity (Wildman–Crippen MR) is 89.0 cm³/mol. The second-order valence-electron chi connectivity index (χ2n) is 6.20. The summed E-state index contributed by atoms with van der Waals surface area (Å²) < 4.78 is 20.8. The lowest BCUT2D eigenvalue weighted by atomic mass is 10.0. The number of hydrogen-bond acceptors (Lipinski definition) is 4. The van der Waals surface area contributed by atoms with Crippen LogP contribution in [-0.4, -0.2) is 28.1 Å². The highest BCUT2D eigenvalue weighted by Gasteiger charge is 2.28. The smallest absolute Gasteiger partial charge is 0.293 e. The molecule has 6 nitrogen and oxygen atoms in total. The molecule has 7 heteroatoms. The first-order valence-corrected chi connectivity index (χ1v) is 8.16. The van der Waals surface area contributed by atoms with Gasteiger partial charge in [-0.25, -0.2) is 4.39 Å². The van der Waals surface area contributed by atoms with E-state index in [0.29, 0.717) is 47.7 Å². The van der Waals surface area contributed by atoms with E-state index in [1.54, 1.807) is 31.6 Å². The number of aromatic nitrogens is 2. The van der Waals surface area contributed by atoms with Gasteiger partial charge >= 0.3 is 0 Å². The van der Waals surface area contributed by atoms with Crippen LogP contribution < -0.4 is 10.1 Å². The monoisotopic (exact) mass is 345 g/mol. The third kappa shape index (κ3) is 3.26. The lowest BCUT2D eigenvalue weighted by Crippen LogP contribution is -2.34. The molecule has 0 aliphatic carbocycles. The number of rotatable bonds is 3. The summed E-state index contributed by atoms with van der Waals surface area (Å²) in [4.78, 5) is 25.1. The van der Waals surface area contributed by atoms with E-state index in [2.05, 4.69) is 10.4 Å². The van der Waals surface area contributed by atoms with Gasteiger partial charge in [0.2, 0.25) is 0 Å². The topological polar surface area (TPSA) is 73.2 Å². The number of carbonyl (C=O) groups is 2. The zero-order valence-electron chi connectivity index (χ0n) is 14.4. The van der Waals surface area contributed by atoms with Gasteiger partial charge in [0, 0.05) is 18.3 Å². The summed E-state index contributed by atoms with van der Waals surface area (Å²) in [5.74, 6) is -1.23. The molecule has 1 N–H and O–H groups in total. The van der Waals surface area contributed by atoms with E-state index in [1.165, 1.54) is 12.1 Å². The van der Waals surface area contributed by atoms with Crippen molar-refractivity contribution in [3.05, 3.63) is 46.5 Å². The van der Waals surface area contributed by atoms with E-state index in [4.69, 9.17) is 4.74 Å². The molecule has 1 atom stereocenters. The maximum Gasteiger partial charge on any atom is 0.293 e. The fourth-order valence-electron chi connectivity index (χ4n) is 3.14. The summed E-state index contributed by atoms with van der Waals surface area (Å²) in [7, 11) is 1.72. The Morgan fingerprint density at radius 2 is 2.12 bits per heavy atom. The van der Waals surface area contributed by atoms with Gasteiger partial charge in [0.25, 0.3) is 11.7 Å². The number of carbonyl (C=O) groups excluding carboxylic acids is 2. The van der Waals surface area contributed by atoms with Gasteiger partial charge in [-0.05, 0) is 44.9 Å². The van der Waals surface area contributed by atoms with E-state index in [-0.39, 0.29) is 0 Å². The number of halogens is 1. The Morgan fingerprint density at radius 3 is 2.80 bits per heavy atom. The van der Waals surface area contributed by atoms with E-state index in [0.717, 1.165) is 0 Å². The molecule has 0 fully saturated rings. The first kappa shape index (κ1) is 17.1. The van der Waals surface area contributed by atoms with Crippen molar-refractivity contribution in [3.8, 4) is 5.75 Å². The molecule has 0 saturated heterocycles. The minimum absolute atomic E-state index is 0.310. The van der Waals surface area contributed by atoms with E-state index in [9.17, 15) is 14.0 Å². The van der Waals surface area contributed by atoms with Crippen molar-refractivity contribution in [2.24, 2.45) is 7.05 Å². The second-order valence-corrected chi connectivity index (χ2v) is 6.20. The van der Waals surface area contributed by atoms with Gasteiger partial charge < -0.3 is 10.1 Å². The van der Waals surface area contributed by atoms with Gasteiger partial charge in [0.1, 0.15) is 11.6 Å². The van der Waals surface area contributed by atoms with Crippen molar-refractivity contribution < 1.29 is 18.7 Å². The Balaban J connectivity index is 1.86. The summed E-state index contributed by atoms with van der Waals surface area (Å²) in [6.45, 7) is 3.92. The Bertz CT molecular complexity index is 844. The van der Waals surface area contributed by atoms with Crippen LogP contribution in [0, 0.1) is 19.7 Å². The molecule has 2 heterocycles. The number of ether oxygens (including phenoxy) is 1. The number of ketones is 1. The molecule has 132 valence electrons. The third-order valence-electron chi connectivity index (χ3n) is 4.49. The van der Waals surface area contributed by atoms with Crippen LogP contribution >= 0.6 is 0 Å². The zero-order valence-corrected chi connectivity index (χ0v) is 14.4. The second kappa shape index (κ2) is 6.66. The molecule has 1 aliphatic rings. The summed E-state index contributed by atoms with van der Waals surface area (Å²) in [5.41, 5.74) is 2.01. The quantitative estimate of drug-likeness (QED) is 0.685. The summed E-state index contributed by atoms with van der Waals surface area (Å²) in [6, 6.07) is 3.74. The Kier molecular flexibility index (Phi) is 4.57. The van der Waals surface area contributed by atoms with Crippen molar-refractivity contribution in [2.75, 3.05) is 6.61 Å². The van der Waals surface area contributed by atoms with Crippen LogP contribution in [0.3, 0.4) is 0 Å². The average Bonchev–Trinajstić information content (AvgIpc) is 2.73. The minimum Gasteiger partial charge on any atom is -0.493 e. The summed E-state index contributed by atoms with van der Waals surface area (Å²) in [5, 5.41) is 6.90. The van der Waals surface area contributed by atoms with Crippen molar-refractivity contribution in [2.45, 2.75) is 32.7 Å². The lowest BCUT2D eigenvalue weighted by molar-refractivity contribution is -0.117. The third-order valence-corrected chi connectivity index (χ3v) is 4.49. The number of Topliss-reactive ketones (excluding diaryl/α,β-unsaturated/α-hetero) is 1. The van der Waals surface area contributed by atoms with Crippen LogP contribution in [0.15, 0.2) is 18.2 Å². The van der Waals surface area contributed by atoms with Gasteiger partial charge in [-0.15, -0.1) is 0 Å². The molecule has 1 aromatic carbocycles. The largest absolute Gasteiger partial charge is 0.493 e. The highest BCUT2D eigenvalue weighted by atomic mass is 19.1.